The summed E-state index contributed by atoms with van der Waals surface area (Å²) in [5.41, 5.74) is 2.76. The van der Waals surface area contributed by atoms with Crippen LogP contribution in [0, 0.1) is 0 Å². The molecule has 0 atom stereocenters. The minimum Gasteiger partial charge on any atom is -0.494 e. The number of anilines is 1. The van der Waals surface area contributed by atoms with Crippen LogP contribution in [-0.2, 0) is 9.53 Å². The predicted octanol–water partition coefficient (Wildman–Crippen LogP) is 5.75. The van der Waals surface area contributed by atoms with E-state index in [0.29, 0.717) is 50.8 Å². The molecule has 0 aliphatic rings. The second-order valence-electron chi connectivity index (χ2n) is 7.13. The van der Waals surface area contributed by atoms with E-state index in [1.807, 2.05) is 43.3 Å². The van der Waals surface area contributed by atoms with E-state index < -0.39 is 18.5 Å². The molecule has 0 saturated heterocycles. The van der Waals surface area contributed by atoms with E-state index in [2.05, 4.69) is 10.3 Å². The van der Waals surface area contributed by atoms with E-state index in [0.717, 1.165) is 0 Å². The van der Waals surface area contributed by atoms with Crippen molar-refractivity contribution in [3.05, 3.63) is 89.4 Å². The van der Waals surface area contributed by atoms with E-state index in [1.54, 1.807) is 42.5 Å². The molecule has 1 amide bonds. The van der Waals surface area contributed by atoms with E-state index in [9.17, 15) is 9.59 Å². The molecule has 1 N–H and O–H groups in total. The van der Waals surface area contributed by atoms with Gasteiger partial charge in [0.25, 0.3) is 5.91 Å². The second kappa shape index (κ2) is 10.1. The van der Waals surface area contributed by atoms with Gasteiger partial charge >= 0.3 is 5.97 Å². The first-order chi connectivity index (χ1) is 16.0. The number of rotatable bonds is 7. The third-order valence-electron chi connectivity index (χ3n) is 4.87. The Labute approximate surface area is 196 Å². The van der Waals surface area contributed by atoms with Gasteiger partial charge in [0.2, 0.25) is 0 Å². The molecule has 33 heavy (non-hydrogen) atoms. The summed E-state index contributed by atoms with van der Waals surface area (Å²) in [5.74, 6) is -0.359. The van der Waals surface area contributed by atoms with Crippen LogP contribution in [-0.4, -0.2) is 30.1 Å². The normalized spacial score (nSPS) is 10.6. The fourth-order valence-corrected chi connectivity index (χ4v) is 3.59. The van der Waals surface area contributed by atoms with Crippen LogP contribution in [0.3, 0.4) is 0 Å². The molecule has 1 aromatic heterocycles. The Morgan fingerprint density at radius 3 is 2.45 bits per heavy atom. The van der Waals surface area contributed by atoms with Crippen molar-refractivity contribution >= 4 is 40.1 Å². The molecule has 0 aliphatic carbocycles. The van der Waals surface area contributed by atoms with Gasteiger partial charge in [0.05, 0.1) is 23.4 Å². The molecule has 0 spiro atoms. The molecule has 4 rings (SSSR count). The number of para-hydroxylation sites is 1. The van der Waals surface area contributed by atoms with Crippen molar-refractivity contribution in [2.24, 2.45) is 0 Å². The number of ether oxygens (including phenoxy) is 2. The third kappa shape index (κ3) is 5.30. The zero-order valence-corrected chi connectivity index (χ0v) is 18.6. The molecule has 4 aromatic rings. The number of hydrogen-bond acceptors (Lipinski definition) is 5. The van der Waals surface area contributed by atoms with Crippen LogP contribution in [0.15, 0.2) is 78.9 Å². The maximum atomic E-state index is 12.9. The van der Waals surface area contributed by atoms with Crippen LogP contribution in [0.5, 0.6) is 5.75 Å². The highest BCUT2D eigenvalue weighted by Crippen LogP contribution is 2.30. The van der Waals surface area contributed by atoms with Crippen LogP contribution >= 0.6 is 11.6 Å². The smallest absolute Gasteiger partial charge is 0.339 e. The number of nitrogens with zero attached hydrogens (tertiary/aromatic N) is 1. The first kappa shape index (κ1) is 22.3. The van der Waals surface area contributed by atoms with Crippen molar-refractivity contribution < 1.29 is 19.1 Å². The largest absolute Gasteiger partial charge is 0.494 e. The number of carbonyl (C=O) groups is 2. The van der Waals surface area contributed by atoms with Crippen molar-refractivity contribution in [2.45, 2.75) is 6.92 Å². The summed E-state index contributed by atoms with van der Waals surface area (Å²) in [6, 6.07) is 23.1. The maximum Gasteiger partial charge on any atom is 0.339 e. The average Bonchev–Trinajstić information content (AvgIpc) is 2.83. The molecular weight excluding hydrogens is 440 g/mol. The highest BCUT2D eigenvalue weighted by molar-refractivity contribution is 6.33. The van der Waals surface area contributed by atoms with Crippen LogP contribution < -0.4 is 10.1 Å². The van der Waals surface area contributed by atoms with Crippen LogP contribution in [0.25, 0.3) is 22.2 Å². The lowest BCUT2D eigenvalue weighted by atomic mass is 10.0. The molecule has 0 radical (unpaired) electrons. The van der Waals surface area contributed by atoms with Crippen molar-refractivity contribution in [3.63, 3.8) is 0 Å². The minimum absolute atomic E-state index is 0.310. The molecule has 166 valence electrons. The van der Waals surface area contributed by atoms with Gasteiger partial charge in [0.1, 0.15) is 5.75 Å². The minimum atomic E-state index is -0.622. The number of benzene rings is 3. The molecular formula is C26H21ClN2O4. The lowest BCUT2D eigenvalue weighted by molar-refractivity contribution is -0.119. The molecule has 7 heteroatoms. The highest BCUT2D eigenvalue weighted by atomic mass is 35.5. The standard InChI is InChI=1S/C26H21ClN2O4/c1-2-32-18-13-11-17(12-14-18)28-25(30)16-33-26(31)21-15-24(20-8-3-5-9-22(20)27)29-23-10-6-4-7-19(21)23/h3-15H,2,16H2,1H3,(H,28,30). The monoisotopic (exact) mass is 460 g/mol. The van der Waals surface area contributed by atoms with Crippen molar-refractivity contribution in [3.8, 4) is 17.0 Å². The summed E-state index contributed by atoms with van der Waals surface area (Å²) in [6.07, 6.45) is 0. The van der Waals surface area contributed by atoms with E-state index >= 15 is 0 Å². The quantitative estimate of drug-likeness (QED) is 0.355. The first-order valence-electron chi connectivity index (χ1n) is 10.4. The van der Waals surface area contributed by atoms with Gasteiger partial charge in [0, 0.05) is 21.7 Å². The maximum absolute atomic E-state index is 12.9. The van der Waals surface area contributed by atoms with Gasteiger partial charge in [-0.3, -0.25) is 4.79 Å². The number of hydrogen-bond donors (Lipinski definition) is 1. The number of pyridine rings is 1. The number of nitrogens with one attached hydrogen (secondary N) is 1. The molecule has 3 aromatic carbocycles. The lowest BCUT2D eigenvalue weighted by Crippen LogP contribution is -2.21. The Balaban J connectivity index is 1.51. The predicted molar refractivity (Wildman–Crippen MR) is 129 cm³/mol. The number of halogens is 1. The number of fused-ring (bicyclic) bond motifs is 1. The van der Waals surface area contributed by atoms with Crippen LogP contribution in [0.4, 0.5) is 5.69 Å². The zero-order chi connectivity index (χ0) is 23.2. The van der Waals surface area contributed by atoms with E-state index in [4.69, 9.17) is 21.1 Å². The Kier molecular flexibility index (Phi) is 6.86. The second-order valence-corrected chi connectivity index (χ2v) is 7.54. The zero-order valence-electron chi connectivity index (χ0n) is 17.9. The molecule has 1 heterocycles. The topological polar surface area (TPSA) is 77.5 Å². The lowest BCUT2D eigenvalue weighted by Gasteiger charge is -2.11. The van der Waals surface area contributed by atoms with Gasteiger partial charge in [-0.05, 0) is 49.4 Å². The van der Waals surface area contributed by atoms with Crippen molar-refractivity contribution in [2.75, 3.05) is 18.5 Å². The molecule has 0 aliphatic heterocycles. The molecule has 0 unspecified atom stereocenters. The van der Waals surface area contributed by atoms with Gasteiger partial charge in [0.15, 0.2) is 6.61 Å². The number of amides is 1. The molecule has 0 fully saturated rings. The summed E-state index contributed by atoms with van der Waals surface area (Å²) in [5, 5.41) is 3.85. The van der Waals surface area contributed by atoms with Gasteiger partial charge in [-0.25, -0.2) is 9.78 Å². The summed E-state index contributed by atoms with van der Waals surface area (Å²) in [4.78, 5) is 29.9. The van der Waals surface area contributed by atoms with Crippen LogP contribution in [0.1, 0.15) is 17.3 Å². The number of carbonyl (C=O) groups excluding carboxylic acids is 2. The number of aromatic nitrogens is 1. The van der Waals surface area contributed by atoms with Gasteiger partial charge in [-0.2, -0.15) is 0 Å². The van der Waals surface area contributed by atoms with Gasteiger partial charge in [-0.15, -0.1) is 0 Å². The Morgan fingerprint density at radius 1 is 0.970 bits per heavy atom. The summed E-state index contributed by atoms with van der Waals surface area (Å²) >= 11 is 6.33. The molecule has 6 nitrogen and oxygen atoms in total. The Morgan fingerprint density at radius 2 is 1.70 bits per heavy atom. The van der Waals surface area contributed by atoms with Crippen LogP contribution in [0.2, 0.25) is 5.02 Å². The highest BCUT2D eigenvalue weighted by Gasteiger charge is 2.17. The third-order valence-corrected chi connectivity index (χ3v) is 5.20. The van der Waals surface area contributed by atoms with Gasteiger partial charge in [-0.1, -0.05) is 48.0 Å². The Hall–Kier alpha value is -3.90. The number of esters is 1. The van der Waals surface area contributed by atoms with E-state index in [1.165, 1.54) is 0 Å². The first-order valence-corrected chi connectivity index (χ1v) is 10.8. The Bertz CT molecular complexity index is 1310. The average molecular weight is 461 g/mol. The fourth-order valence-electron chi connectivity index (χ4n) is 3.36. The van der Waals surface area contributed by atoms with Crippen molar-refractivity contribution in [1.29, 1.82) is 0 Å². The van der Waals surface area contributed by atoms with Crippen molar-refractivity contribution in [1.82, 2.24) is 4.98 Å². The molecule has 0 bridgehead atoms. The summed E-state index contributed by atoms with van der Waals surface area (Å²) in [7, 11) is 0. The van der Waals surface area contributed by atoms with E-state index in [-0.39, 0.29) is 0 Å². The fraction of sp³-hybridized carbons (Fsp3) is 0.115. The SMILES string of the molecule is CCOc1ccc(NC(=O)COC(=O)c2cc(-c3ccccc3Cl)nc3ccccc23)cc1. The van der Waals surface area contributed by atoms with Gasteiger partial charge < -0.3 is 14.8 Å². The molecule has 0 saturated carbocycles. The summed E-state index contributed by atoms with van der Waals surface area (Å²) in [6.45, 7) is 2.03. The summed E-state index contributed by atoms with van der Waals surface area (Å²) < 4.78 is 10.7.